The number of hydrogen-bond acceptors (Lipinski definition) is 4. The maximum atomic E-state index is 13.4. The molecule has 1 saturated carbocycles. The van der Waals surface area contributed by atoms with Crippen LogP contribution >= 0.6 is 0 Å². The van der Waals surface area contributed by atoms with E-state index >= 15 is 0 Å². The smallest absolute Gasteiger partial charge is 0.352 e. The van der Waals surface area contributed by atoms with Gasteiger partial charge in [-0.15, -0.1) is 0 Å². The molecule has 7 nitrogen and oxygen atoms in total. The number of sulfonamides is 1. The first kappa shape index (κ1) is 30.5. The zero-order valence-electron chi connectivity index (χ0n) is 22.5. The first-order chi connectivity index (χ1) is 18.3. The molecule has 0 unspecified atom stereocenters. The highest BCUT2D eigenvalue weighted by atomic mass is 32.2. The number of halogens is 3. The summed E-state index contributed by atoms with van der Waals surface area (Å²) in [6, 6.07) is 11.0. The van der Waals surface area contributed by atoms with Crippen molar-refractivity contribution in [3.63, 3.8) is 0 Å². The van der Waals surface area contributed by atoms with E-state index in [-0.39, 0.29) is 49.5 Å². The molecule has 0 aromatic heterocycles. The molecule has 0 heterocycles. The van der Waals surface area contributed by atoms with Crippen molar-refractivity contribution < 1.29 is 31.2 Å². The summed E-state index contributed by atoms with van der Waals surface area (Å²) in [5.74, 6) is -0.590. The number of rotatable bonds is 11. The van der Waals surface area contributed by atoms with Crippen LogP contribution in [0, 0.1) is 6.92 Å². The number of anilines is 1. The van der Waals surface area contributed by atoms with E-state index in [9.17, 15) is 31.2 Å². The normalized spacial score (nSPS) is 15.1. The molecule has 2 aromatic rings. The monoisotopic (exact) mass is 567 g/mol. The Morgan fingerprint density at radius 2 is 1.74 bits per heavy atom. The van der Waals surface area contributed by atoms with E-state index in [1.165, 1.54) is 11.0 Å². The van der Waals surface area contributed by atoms with E-state index in [0.717, 1.165) is 65.6 Å². The molecule has 1 aliphatic rings. The van der Waals surface area contributed by atoms with Crippen LogP contribution in [0.4, 0.5) is 18.9 Å². The van der Waals surface area contributed by atoms with Crippen LogP contribution in [-0.4, -0.2) is 50.0 Å². The maximum Gasteiger partial charge on any atom is 0.416 e. The van der Waals surface area contributed by atoms with Crippen LogP contribution in [0.15, 0.2) is 48.5 Å². The lowest BCUT2D eigenvalue weighted by molar-refractivity contribution is -0.141. The van der Waals surface area contributed by atoms with Crippen LogP contribution < -0.4 is 9.62 Å². The first-order valence-electron chi connectivity index (χ1n) is 13.1. The summed E-state index contributed by atoms with van der Waals surface area (Å²) in [5.41, 5.74) is 0.773. The summed E-state index contributed by atoms with van der Waals surface area (Å²) in [4.78, 5) is 27.9. The second-order valence-electron chi connectivity index (χ2n) is 10.2. The van der Waals surface area contributed by atoms with E-state index < -0.39 is 27.8 Å². The summed E-state index contributed by atoms with van der Waals surface area (Å²) in [6.45, 7) is 3.61. The summed E-state index contributed by atoms with van der Waals surface area (Å²) in [7, 11) is -3.92. The van der Waals surface area contributed by atoms with Gasteiger partial charge in [-0.05, 0) is 56.9 Å². The van der Waals surface area contributed by atoms with Crippen LogP contribution in [0.1, 0.15) is 62.1 Å². The first-order valence-corrected chi connectivity index (χ1v) is 14.9. The molecule has 0 aliphatic heterocycles. The highest BCUT2D eigenvalue weighted by Gasteiger charge is 2.32. The molecule has 3 rings (SSSR count). The number of amides is 2. The third-order valence-electron chi connectivity index (χ3n) is 6.92. The van der Waals surface area contributed by atoms with Gasteiger partial charge in [-0.3, -0.25) is 13.9 Å². The molecule has 1 N–H and O–H groups in total. The predicted octanol–water partition coefficient (Wildman–Crippen LogP) is 5.04. The van der Waals surface area contributed by atoms with Crippen molar-refractivity contribution in [3.05, 3.63) is 65.2 Å². The fourth-order valence-corrected chi connectivity index (χ4v) is 5.78. The Labute approximate surface area is 228 Å². The van der Waals surface area contributed by atoms with Crippen molar-refractivity contribution in [2.24, 2.45) is 0 Å². The summed E-state index contributed by atoms with van der Waals surface area (Å²) < 4.78 is 65.3. The van der Waals surface area contributed by atoms with Gasteiger partial charge in [0.25, 0.3) is 0 Å². The fourth-order valence-electron chi connectivity index (χ4n) is 4.82. The van der Waals surface area contributed by atoms with Crippen LogP contribution in [0.3, 0.4) is 0 Å². The van der Waals surface area contributed by atoms with Gasteiger partial charge in [0.1, 0.15) is 6.04 Å². The molecule has 0 bridgehead atoms. The lowest BCUT2D eigenvalue weighted by Gasteiger charge is -2.30. The van der Waals surface area contributed by atoms with E-state index in [0.29, 0.717) is 0 Å². The Morgan fingerprint density at radius 3 is 2.36 bits per heavy atom. The SMILES string of the molecule is Cc1cccc(CN(C(=O)CCCN(c2cccc(C(F)(F)F)c2)S(C)(=O)=O)[C@H](C)C(=O)NC2CCCC2)c1. The highest BCUT2D eigenvalue weighted by Crippen LogP contribution is 2.32. The number of alkyl halides is 3. The van der Waals surface area contributed by atoms with Crippen molar-refractivity contribution in [2.75, 3.05) is 17.1 Å². The number of nitrogens with one attached hydrogen (secondary N) is 1. The second kappa shape index (κ2) is 12.8. The number of carbonyl (C=O) groups excluding carboxylic acids is 2. The lowest BCUT2D eigenvalue weighted by atomic mass is 10.1. The maximum absolute atomic E-state index is 13.4. The van der Waals surface area contributed by atoms with Crippen molar-refractivity contribution in [1.82, 2.24) is 10.2 Å². The van der Waals surface area contributed by atoms with Crippen LogP contribution in [0.5, 0.6) is 0 Å². The third kappa shape index (κ3) is 8.71. The second-order valence-corrected chi connectivity index (χ2v) is 12.1. The molecule has 0 spiro atoms. The van der Waals surface area contributed by atoms with Crippen LogP contribution in [0.25, 0.3) is 0 Å². The lowest BCUT2D eigenvalue weighted by Crippen LogP contribution is -2.49. The van der Waals surface area contributed by atoms with Gasteiger partial charge in [-0.25, -0.2) is 8.42 Å². The Morgan fingerprint density at radius 1 is 1.08 bits per heavy atom. The van der Waals surface area contributed by atoms with Gasteiger partial charge in [0.15, 0.2) is 0 Å². The van der Waals surface area contributed by atoms with Gasteiger partial charge in [-0.2, -0.15) is 13.2 Å². The van der Waals surface area contributed by atoms with Gasteiger partial charge in [-0.1, -0.05) is 48.7 Å². The molecule has 1 aliphatic carbocycles. The standard InChI is InChI=1S/C28H36F3N3O4S/c1-20-9-6-10-22(17-20)19-33(21(2)27(36)32-24-12-4-5-13-24)26(35)15-8-16-34(39(3,37)38)25-14-7-11-23(18-25)28(29,30)31/h6-7,9-11,14,17-18,21,24H,4-5,8,12-13,15-16,19H2,1-3H3,(H,32,36)/t21-/m1/s1. The summed E-state index contributed by atoms with van der Waals surface area (Å²) in [5, 5.41) is 3.03. The minimum absolute atomic E-state index is 0.0590. The molecule has 1 fully saturated rings. The molecule has 11 heteroatoms. The molecule has 0 saturated heterocycles. The largest absolute Gasteiger partial charge is 0.416 e. The minimum atomic E-state index is -4.62. The van der Waals surface area contributed by atoms with Crippen molar-refractivity contribution in [3.8, 4) is 0 Å². The van der Waals surface area contributed by atoms with E-state index in [2.05, 4.69) is 5.32 Å². The Hall–Kier alpha value is -3.08. The fraction of sp³-hybridized carbons (Fsp3) is 0.500. The number of hydrogen-bond donors (Lipinski definition) is 1. The summed E-state index contributed by atoms with van der Waals surface area (Å²) in [6.07, 6.45) is 0.167. The van der Waals surface area contributed by atoms with Gasteiger partial charge < -0.3 is 10.2 Å². The van der Waals surface area contributed by atoms with Gasteiger partial charge in [0.2, 0.25) is 21.8 Å². The van der Waals surface area contributed by atoms with Crippen LogP contribution in [-0.2, 0) is 32.3 Å². The zero-order valence-corrected chi connectivity index (χ0v) is 23.3. The Bertz CT molecular complexity index is 1260. The molecule has 39 heavy (non-hydrogen) atoms. The predicted molar refractivity (Wildman–Crippen MR) is 144 cm³/mol. The quantitative estimate of drug-likeness (QED) is 0.413. The zero-order chi connectivity index (χ0) is 28.8. The minimum Gasteiger partial charge on any atom is -0.352 e. The number of nitrogens with zero attached hydrogens (tertiary/aromatic N) is 2. The molecule has 0 radical (unpaired) electrons. The molecule has 1 atom stereocenters. The van der Waals surface area contributed by atoms with Gasteiger partial charge >= 0.3 is 6.18 Å². The Kier molecular flexibility index (Phi) is 10.0. The molecular formula is C28H36F3N3O4S. The van der Waals surface area contributed by atoms with Crippen LogP contribution in [0.2, 0.25) is 0 Å². The molecule has 214 valence electrons. The van der Waals surface area contributed by atoms with Gasteiger partial charge in [0.05, 0.1) is 17.5 Å². The molecule has 2 amide bonds. The average molecular weight is 568 g/mol. The Balaban J connectivity index is 1.74. The number of carbonyl (C=O) groups is 2. The van der Waals surface area contributed by atoms with E-state index in [4.69, 9.17) is 0 Å². The number of benzene rings is 2. The summed E-state index contributed by atoms with van der Waals surface area (Å²) >= 11 is 0. The van der Waals surface area contributed by atoms with Gasteiger partial charge in [0, 0.05) is 25.6 Å². The topological polar surface area (TPSA) is 86.8 Å². The molecular weight excluding hydrogens is 531 g/mol. The third-order valence-corrected chi connectivity index (χ3v) is 8.11. The van der Waals surface area contributed by atoms with Crippen molar-refractivity contribution in [2.45, 2.75) is 77.2 Å². The van der Waals surface area contributed by atoms with E-state index in [1.807, 2.05) is 31.2 Å². The average Bonchev–Trinajstić information content (AvgIpc) is 3.36. The highest BCUT2D eigenvalue weighted by molar-refractivity contribution is 7.92. The number of aryl methyl sites for hydroxylation is 1. The van der Waals surface area contributed by atoms with E-state index in [1.54, 1.807) is 6.92 Å². The molecule has 2 aromatic carbocycles. The van der Waals surface area contributed by atoms with Crippen molar-refractivity contribution in [1.29, 1.82) is 0 Å². The van der Waals surface area contributed by atoms with Crippen molar-refractivity contribution >= 4 is 27.5 Å².